The van der Waals surface area contributed by atoms with Crippen LogP contribution in [-0.4, -0.2) is 63.8 Å². The van der Waals surface area contributed by atoms with E-state index in [-0.39, 0.29) is 18.2 Å². The minimum Gasteiger partial charge on any atom is -0.476 e. The van der Waals surface area contributed by atoms with Crippen molar-refractivity contribution in [2.45, 2.75) is 26.9 Å². The molecule has 2 aliphatic rings. The first kappa shape index (κ1) is 21.5. The number of anilines is 2. The van der Waals surface area contributed by atoms with Crippen LogP contribution in [0.25, 0.3) is 0 Å². The van der Waals surface area contributed by atoms with E-state index in [1.54, 1.807) is 36.1 Å². The number of aryl methyl sites for hydroxylation is 1. The lowest BCUT2D eigenvalue weighted by Gasteiger charge is -2.40. The van der Waals surface area contributed by atoms with Crippen molar-refractivity contribution in [1.82, 2.24) is 4.90 Å². The van der Waals surface area contributed by atoms with Crippen molar-refractivity contribution < 1.29 is 17.9 Å². The number of carbonyl (C=O) groups is 1. The Morgan fingerprint density at radius 1 is 1.00 bits per heavy atom. The fraction of sp³-hybridized carbons (Fsp3) is 0.435. The van der Waals surface area contributed by atoms with Crippen molar-refractivity contribution in [2.24, 2.45) is 0 Å². The molecule has 8 heteroatoms. The third-order valence-electron chi connectivity index (χ3n) is 6.22. The minimum atomic E-state index is -3.51. The molecule has 0 radical (unpaired) electrons. The Balaban J connectivity index is 1.49. The average molecular weight is 444 g/mol. The molecule has 1 amide bonds. The van der Waals surface area contributed by atoms with Gasteiger partial charge in [0.25, 0.3) is 5.91 Å². The van der Waals surface area contributed by atoms with Gasteiger partial charge in [0.2, 0.25) is 10.0 Å². The molecule has 2 heterocycles. The second kappa shape index (κ2) is 8.42. The molecule has 0 N–H and O–H groups in total. The van der Waals surface area contributed by atoms with Crippen LogP contribution in [0.5, 0.6) is 5.75 Å². The van der Waals surface area contributed by atoms with Crippen LogP contribution < -0.4 is 13.9 Å². The molecule has 0 saturated carbocycles. The van der Waals surface area contributed by atoms with E-state index < -0.39 is 16.1 Å². The largest absolute Gasteiger partial charge is 0.476 e. The summed E-state index contributed by atoms with van der Waals surface area (Å²) < 4.78 is 32.6. The van der Waals surface area contributed by atoms with Gasteiger partial charge in [-0.2, -0.15) is 0 Å². The van der Waals surface area contributed by atoms with Crippen LogP contribution in [0.3, 0.4) is 0 Å². The molecule has 0 unspecified atom stereocenters. The number of nitrogens with zero attached hydrogens (tertiary/aromatic N) is 3. The quantitative estimate of drug-likeness (QED) is 0.727. The summed E-state index contributed by atoms with van der Waals surface area (Å²) in [6.07, 6.45) is -0.844. The van der Waals surface area contributed by atoms with Gasteiger partial charge in [0, 0.05) is 31.9 Å². The molecular weight excluding hydrogens is 414 g/mol. The maximum absolute atomic E-state index is 13.2. The minimum absolute atomic E-state index is 0.00320. The molecule has 0 spiro atoms. The number of rotatable bonds is 4. The predicted octanol–water partition coefficient (Wildman–Crippen LogP) is 2.57. The molecule has 0 bridgehead atoms. The van der Waals surface area contributed by atoms with Crippen molar-refractivity contribution >= 4 is 27.3 Å². The van der Waals surface area contributed by atoms with E-state index in [2.05, 4.69) is 36.9 Å². The zero-order chi connectivity index (χ0) is 22.2. The Kier molecular flexibility index (Phi) is 5.83. The first-order valence-electron chi connectivity index (χ1n) is 10.7. The summed E-state index contributed by atoms with van der Waals surface area (Å²) >= 11 is 0. The molecule has 0 aromatic heterocycles. The van der Waals surface area contributed by atoms with Gasteiger partial charge >= 0.3 is 0 Å². The van der Waals surface area contributed by atoms with Gasteiger partial charge in [0.15, 0.2) is 6.10 Å². The summed E-state index contributed by atoms with van der Waals surface area (Å²) in [5.74, 6) is 0.237. The molecule has 2 aromatic carbocycles. The van der Waals surface area contributed by atoms with Crippen LogP contribution in [0.1, 0.15) is 18.1 Å². The number of ether oxygens (including phenoxy) is 1. The summed E-state index contributed by atoms with van der Waals surface area (Å²) in [7, 11) is -3.51. The number of hydrogen-bond donors (Lipinski definition) is 0. The van der Waals surface area contributed by atoms with Gasteiger partial charge in [-0.3, -0.25) is 9.10 Å². The molecular formula is C23H29N3O4S. The smallest absolute Gasteiger partial charge is 0.265 e. The van der Waals surface area contributed by atoms with Crippen LogP contribution in [0.2, 0.25) is 0 Å². The molecule has 1 fully saturated rings. The van der Waals surface area contributed by atoms with Gasteiger partial charge in [-0.15, -0.1) is 0 Å². The number of para-hydroxylation sites is 2. The van der Waals surface area contributed by atoms with E-state index in [1.165, 1.54) is 21.1 Å². The Morgan fingerprint density at radius 3 is 2.39 bits per heavy atom. The predicted molar refractivity (Wildman–Crippen MR) is 122 cm³/mol. The zero-order valence-corrected chi connectivity index (χ0v) is 19.1. The number of carbonyl (C=O) groups excluding carboxylic acids is 1. The lowest BCUT2D eigenvalue weighted by Crippen LogP contribution is -2.56. The Morgan fingerprint density at radius 2 is 1.68 bits per heavy atom. The Hall–Kier alpha value is -2.74. The van der Waals surface area contributed by atoms with Gasteiger partial charge in [-0.05, 0) is 50.1 Å². The number of sulfonamides is 1. The fourth-order valence-corrected chi connectivity index (χ4v) is 5.32. The van der Waals surface area contributed by atoms with E-state index in [9.17, 15) is 13.2 Å². The maximum atomic E-state index is 13.2. The molecule has 4 rings (SSSR count). The van der Waals surface area contributed by atoms with Gasteiger partial charge < -0.3 is 14.5 Å². The fourth-order valence-electron chi connectivity index (χ4n) is 4.20. The summed E-state index contributed by atoms with van der Waals surface area (Å²) in [6, 6.07) is 13.3. The second-order valence-electron chi connectivity index (χ2n) is 8.04. The van der Waals surface area contributed by atoms with Crippen LogP contribution in [0.4, 0.5) is 11.4 Å². The van der Waals surface area contributed by atoms with Gasteiger partial charge in [0.1, 0.15) is 5.75 Å². The normalized spacial score (nSPS) is 19.1. The maximum Gasteiger partial charge on any atom is 0.265 e. The van der Waals surface area contributed by atoms with Crippen LogP contribution in [-0.2, 0) is 14.8 Å². The topological polar surface area (TPSA) is 70.2 Å². The highest BCUT2D eigenvalue weighted by molar-refractivity contribution is 7.92. The molecule has 166 valence electrons. The van der Waals surface area contributed by atoms with Gasteiger partial charge in [-0.1, -0.05) is 24.3 Å². The third-order valence-corrected chi connectivity index (χ3v) is 7.97. The second-order valence-corrected chi connectivity index (χ2v) is 10.2. The Labute approximate surface area is 184 Å². The molecule has 1 saturated heterocycles. The highest BCUT2D eigenvalue weighted by Gasteiger charge is 2.38. The van der Waals surface area contributed by atoms with E-state index >= 15 is 0 Å². The number of piperazine rings is 1. The summed E-state index contributed by atoms with van der Waals surface area (Å²) in [6.45, 7) is 8.46. The van der Waals surface area contributed by atoms with Crippen molar-refractivity contribution in [1.29, 1.82) is 0 Å². The highest BCUT2D eigenvalue weighted by atomic mass is 32.2. The van der Waals surface area contributed by atoms with Crippen LogP contribution in [0.15, 0.2) is 42.5 Å². The average Bonchev–Trinajstić information content (AvgIpc) is 2.79. The number of fused-ring (bicyclic) bond motifs is 1. The van der Waals surface area contributed by atoms with E-state index in [4.69, 9.17) is 4.74 Å². The molecule has 1 atom stereocenters. The monoisotopic (exact) mass is 443 g/mol. The van der Waals surface area contributed by atoms with Crippen LogP contribution in [0, 0.1) is 13.8 Å². The lowest BCUT2D eigenvalue weighted by atomic mass is 10.1. The number of benzene rings is 2. The SMILES string of the molecule is CCS(=O)(=O)N1C[C@@H](C(=O)N2CCN(c3cccc(C)c3C)CC2)Oc2ccccc21. The summed E-state index contributed by atoms with van der Waals surface area (Å²) in [5, 5.41) is 0. The van der Waals surface area contributed by atoms with Crippen molar-refractivity contribution in [2.75, 3.05) is 47.7 Å². The van der Waals surface area contributed by atoms with Crippen LogP contribution >= 0.6 is 0 Å². The molecule has 0 aliphatic carbocycles. The molecule has 2 aromatic rings. The first-order chi connectivity index (χ1) is 14.8. The zero-order valence-electron chi connectivity index (χ0n) is 18.2. The molecule has 2 aliphatic heterocycles. The van der Waals surface area contributed by atoms with Crippen molar-refractivity contribution in [3.05, 3.63) is 53.6 Å². The van der Waals surface area contributed by atoms with E-state index in [0.29, 0.717) is 24.5 Å². The standard InChI is InChI=1S/C23H29N3O4S/c1-4-31(28,29)26-16-22(30-21-11-6-5-9-20(21)26)23(27)25-14-12-24(13-15-25)19-10-7-8-17(2)18(19)3/h5-11,22H,4,12-16H2,1-3H3/t22-/m0/s1. The molecule has 7 nitrogen and oxygen atoms in total. The number of hydrogen-bond acceptors (Lipinski definition) is 5. The van der Waals surface area contributed by atoms with Gasteiger partial charge in [-0.25, -0.2) is 8.42 Å². The van der Waals surface area contributed by atoms with Crippen molar-refractivity contribution in [3.63, 3.8) is 0 Å². The summed E-state index contributed by atoms with van der Waals surface area (Å²) in [5.41, 5.74) is 4.21. The van der Waals surface area contributed by atoms with E-state index in [1.807, 2.05) is 0 Å². The molecule has 31 heavy (non-hydrogen) atoms. The van der Waals surface area contributed by atoms with E-state index in [0.717, 1.165) is 13.1 Å². The number of amides is 1. The van der Waals surface area contributed by atoms with Gasteiger partial charge in [0.05, 0.1) is 18.0 Å². The summed E-state index contributed by atoms with van der Waals surface area (Å²) in [4.78, 5) is 17.3. The lowest BCUT2D eigenvalue weighted by molar-refractivity contribution is -0.138. The highest BCUT2D eigenvalue weighted by Crippen LogP contribution is 2.35. The van der Waals surface area contributed by atoms with Crippen molar-refractivity contribution in [3.8, 4) is 5.75 Å². The Bertz CT molecular complexity index is 1080. The first-order valence-corrected chi connectivity index (χ1v) is 12.3. The third kappa shape index (κ3) is 4.08.